The average molecular weight is 217 g/mol. The Hall–Kier alpha value is -0.800. The van der Waals surface area contributed by atoms with E-state index in [1.54, 1.807) is 25.1 Å². The zero-order valence-electron chi connectivity index (χ0n) is 7.07. The summed E-state index contributed by atoms with van der Waals surface area (Å²) in [5, 5.41) is 0. The van der Waals surface area contributed by atoms with Crippen molar-refractivity contribution in [2.24, 2.45) is 0 Å². The van der Waals surface area contributed by atoms with Gasteiger partial charge in [-0.1, -0.05) is 35.9 Å². The highest BCUT2D eigenvalue weighted by Crippen LogP contribution is 2.21. The molecule has 4 heteroatoms. The maximum Gasteiger partial charge on any atom is 0.216 e. The lowest BCUT2D eigenvalue weighted by molar-refractivity contribution is 0.604. The molecule has 0 bridgehead atoms. The van der Waals surface area contributed by atoms with Crippen molar-refractivity contribution in [3.8, 4) is 0 Å². The second-order valence-electron chi connectivity index (χ2n) is 2.41. The van der Waals surface area contributed by atoms with Crippen molar-refractivity contribution in [2.75, 3.05) is 0 Å². The first kappa shape index (κ1) is 10.3. The number of benzene rings is 1. The first-order valence-corrected chi connectivity index (χ1v) is 5.57. The van der Waals surface area contributed by atoms with Crippen molar-refractivity contribution >= 4 is 21.4 Å². The molecule has 0 aliphatic rings. The molecule has 1 aromatic rings. The number of sulfone groups is 1. The molecule has 0 saturated carbocycles. The van der Waals surface area contributed by atoms with Gasteiger partial charge in [0, 0.05) is 0 Å². The highest BCUT2D eigenvalue weighted by molar-refractivity contribution is 7.96. The SMILES string of the molecule is C/C=C(/Cl)S(=O)(=O)c1ccccc1. The highest BCUT2D eigenvalue weighted by atomic mass is 35.5. The molecule has 0 aliphatic carbocycles. The van der Waals surface area contributed by atoms with Crippen molar-refractivity contribution in [1.29, 1.82) is 0 Å². The lowest BCUT2D eigenvalue weighted by atomic mass is 10.4. The Morgan fingerprint density at radius 3 is 2.31 bits per heavy atom. The largest absolute Gasteiger partial charge is 0.218 e. The van der Waals surface area contributed by atoms with E-state index in [-0.39, 0.29) is 9.26 Å². The van der Waals surface area contributed by atoms with Crippen LogP contribution in [-0.4, -0.2) is 8.42 Å². The molecule has 0 saturated heterocycles. The summed E-state index contributed by atoms with van der Waals surface area (Å²) in [6.07, 6.45) is 1.36. The van der Waals surface area contributed by atoms with Gasteiger partial charge in [-0.3, -0.25) is 0 Å². The molecule has 0 atom stereocenters. The second kappa shape index (κ2) is 3.94. The van der Waals surface area contributed by atoms with Crippen molar-refractivity contribution in [2.45, 2.75) is 11.8 Å². The number of halogens is 1. The van der Waals surface area contributed by atoms with Crippen LogP contribution in [0.5, 0.6) is 0 Å². The first-order chi connectivity index (χ1) is 6.09. The second-order valence-corrected chi connectivity index (χ2v) is 4.96. The Balaban J connectivity index is 3.25. The molecule has 0 aromatic heterocycles. The van der Waals surface area contributed by atoms with Crippen molar-refractivity contribution in [1.82, 2.24) is 0 Å². The van der Waals surface area contributed by atoms with E-state index in [0.29, 0.717) is 0 Å². The van der Waals surface area contributed by atoms with Gasteiger partial charge >= 0.3 is 0 Å². The Labute approximate surface area is 82.8 Å². The van der Waals surface area contributed by atoms with Crippen LogP contribution < -0.4 is 0 Å². The van der Waals surface area contributed by atoms with E-state index < -0.39 is 9.84 Å². The highest BCUT2D eigenvalue weighted by Gasteiger charge is 2.16. The van der Waals surface area contributed by atoms with E-state index >= 15 is 0 Å². The molecule has 2 nitrogen and oxygen atoms in total. The van der Waals surface area contributed by atoms with E-state index in [0.717, 1.165) is 0 Å². The van der Waals surface area contributed by atoms with Gasteiger partial charge in [-0.15, -0.1) is 0 Å². The standard InChI is InChI=1S/C9H9ClO2S/c1-2-9(10)13(11,12)8-6-4-3-5-7-8/h2-7H,1H3/b9-2-. The fourth-order valence-corrected chi connectivity index (χ4v) is 2.19. The third-order valence-electron chi connectivity index (χ3n) is 1.54. The minimum absolute atomic E-state index is 0.140. The van der Waals surface area contributed by atoms with Crippen molar-refractivity contribution in [3.63, 3.8) is 0 Å². The lowest BCUT2D eigenvalue weighted by Crippen LogP contribution is -1.99. The molecule has 0 heterocycles. The summed E-state index contributed by atoms with van der Waals surface area (Å²) in [4.78, 5) is 0.220. The van der Waals surface area contributed by atoms with Gasteiger partial charge < -0.3 is 0 Å². The molecule has 0 unspecified atom stereocenters. The molecule has 0 N–H and O–H groups in total. The van der Waals surface area contributed by atoms with Gasteiger partial charge in [0.05, 0.1) is 4.90 Å². The fourth-order valence-electron chi connectivity index (χ4n) is 0.867. The van der Waals surface area contributed by atoms with Gasteiger partial charge in [-0.25, -0.2) is 8.42 Å². The molecule has 70 valence electrons. The van der Waals surface area contributed by atoms with Gasteiger partial charge in [0.25, 0.3) is 0 Å². The van der Waals surface area contributed by atoms with Gasteiger partial charge in [0.1, 0.15) is 4.36 Å². The number of rotatable bonds is 2. The van der Waals surface area contributed by atoms with Crippen LogP contribution in [0.3, 0.4) is 0 Å². The zero-order valence-corrected chi connectivity index (χ0v) is 8.64. The summed E-state index contributed by atoms with van der Waals surface area (Å²) in [5.41, 5.74) is 0. The quantitative estimate of drug-likeness (QED) is 0.762. The van der Waals surface area contributed by atoms with E-state index in [1.807, 2.05) is 0 Å². The summed E-state index contributed by atoms with van der Waals surface area (Å²) in [7, 11) is -3.46. The summed E-state index contributed by atoms with van der Waals surface area (Å²) in [6, 6.07) is 8.10. The topological polar surface area (TPSA) is 34.1 Å². The third-order valence-corrected chi connectivity index (χ3v) is 4.01. The Morgan fingerprint density at radius 1 is 1.31 bits per heavy atom. The van der Waals surface area contributed by atoms with Gasteiger partial charge in [-0.2, -0.15) is 0 Å². The molecule has 1 aromatic carbocycles. The predicted octanol–water partition coefficient (Wildman–Crippen LogP) is 2.56. The van der Waals surface area contributed by atoms with Gasteiger partial charge in [0.2, 0.25) is 9.84 Å². The molecule has 0 fully saturated rings. The maximum absolute atomic E-state index is 11.6. The summed E-state index contributed by atoms with van der Waals surface area (Å²) in [5.74, 6) is 0. The molecule has 0 radical (unpaired) electrons. The minimum atomic E-state index is -3.46. The zero-order chi connectivity index (χ0) is 9.90. The lowest BCUT2D eigenvalue weighted by Gasteiger charge is -2.00. The summed E-state index contributed by atoms with van der Waals surface area (Å²) < 4.78 is 23.0. The Bertz CT molecular complexity index is 407. The monoisotopic (exact) mass is 216 g/mol. The van der Waals surface area contributed by atoms with Crippen molar-refractivity contribution < 1.29 is 8.42 Å². The van der Waals surface area contributed by atoms with E-state index in [4.69, 9.17) is 11.6 Å². The molecule has 13 heavy (non-hydrogen) atoms. The van der Waals surface area contributed by atoms with Crippen LogP contribution in [0.25, 0.3) is 0 Å². The van der Waals surface area contributed by atoms with E-state index in [2.05, 4.69) is 0 Å². The molecule has 0 spiro atoms. The number of hydrogen-bond donors (Lipinski definition) is 0. The molecular formula is C9H9ClO2S. The molecule has 1 rings (SSSR count). The average Bonchev–Trinajstić information content (AvgIpc) is 2.18. The van der Waals surface area contributed by atoms with Crippen LogP contribution in [0, 0.1) is 0 Å². The molecule has 0 amide bonds. The number of allylic oxidation sites excluding steroid dienone is 1. The third kappa shape index (κ3) is 2.11. The molecule has 0 aliphatic heterocycles. The minimum Gasteiger partial charge on any atom is -0.218 e. The molecular weight excluding hydrogens is 208 g/mol. The van der Waals surface area contributed by atoms with Gasteiger partial charge in [-0.05, 0) is 19.1 Å². The van der Waals surface area contributed by atoms with Crippen LogP contribution in [0.15, 0.2) is 45.7 Å². The Morgan fingerprint density at radius 2 is 1.85 bits per heavy atom. The summed E-state index contributed by atoms with van der Waals surface area (Å²) in [6.45, 7) is 1.59. The van der Waals surface area contributed by atoms with Crippen LogP contribution in [0.1, 0.15) is 6.92 Å². The van der Waals surface area contributed by atoms with Gasteiger partial charge in [0.15, 0.2) is 0 Å². The van der Waals surface area contributed by atoms with Crippen LogP contribution in [0.2, 0.25) is 0 Å². The first-order valence-electron chi connectivity index (χ1n) is 3.71. The summed E-state index contributed by atoms with van der Waals surface area (Å²) >= 11 is 5.56. The normalized spacial score (nSPS) is 12.9. The van der Waals surface area contributed by atoms with E-state index in [9.17, 15) is 8.42 Å². The smallest absolute Gasteiger partial charge is 0.216 e. The maximum atomic E-state index is 11.6. The van der Waals surface area contributed by atoms with Crippen molar-refractivity contribution in [3.05, 3.63) is 40.8 Å². The van der Waals surface area contributed by atoms with Crippen LogP contribution >= 0.6 is 11.6 Å². The van der Waals surface area contributed by atoms with Crippen LogP contribution in [0.4, 0.5) is 0 Å². The van der Waals surface area contributed by atoms with E-state index in [1.165, 1.54) is 18.2 Å². The van der Waals surface area contributed by atoms with Crippen LogP contribution in [-0.2, 0) is 9.84 Å². The number of hydrogen-bond acceptors (Lipinski definition) is 2. The Kier molecular flexibility index (Phi) is 3.12. The predicted molar refractivity (Wildman–Crippen MR) is 53.2 cm³/mol. The fraction of sp³-hybridized carbons (Fsp3) is 0.111.